The molecule has 2 N–H and O–H groups in total. The zero-order valence-electron chi connectivity index (χ0n) is 9.20. The molecule has 0 aromatic heterocycles. The quantitative estimate of drug-likeness (QED) is 0.817. The number of aliphatic hydroxyl groups is 1. The molecule has 1 fully saturated rings. The van der Waals surface area contributed by atoms with Gasteiger partial charge in [-0.05, 0) is 17.7 Å². The summed E-state index contributed by atoms with van der Waals surface area (Å²) in [6.45, 7) is 1.23. The first-order chi connectivity index (χ1) is 8.16. The van der Waals surface area contributed by atoms with Gasteiger partial charge in [-0.3, -0.25) is 0 Å². The molecule has 0 spiro atoms. The molecule has 92 valence electrons. The highest BCUT2D eigenvalue weighted by atomic mass is 16.5. The van der Waals surface area contributed by atoms with Crippen molar-refractivity contribution in [2.24, 2.45) is 0 Å². The standard InChI is InChI=1S/C12H14O5/c13-11(12(14)15)8-2-1-3-9(6-8)17-10-4-5-16-7-10/h1-3,6,10-11,13H,4-5,7H2,(H,14,15). The van der Waals surface area contributed by atoms with Gasteiger partial charge in [0.1, 0.15) is 11.9 Å². The predicted molar refractivity (Wildman–Crippen MR) is 58.9 cm³/mol. The summed E-state index contributed by atoms with van der Waals surface area (Å²) < 4.78 is 10.8. The monoisotopic (exact) mass is 238 g/mol. The van der Waals surface area contributed by atoms with Gasteiger partial charge in [-0.15, -0.1) is 0 Å². The third kappa shape index (κ3) is 2.95. The van der Waals surface area contributed by atoms with Crippen LogP contribution >= 0.6 is 0 Å². The summed E-state index contributed by atoms with van der Waals surface area (Å²) in [6.07, 6.45) is -0.684. The molecule has 0 radical (unpaired) electrons. The van der Waals surface area contributed by atoms with Crippen LogP contribution in [0.2, 0.25) is 0 Å². The SMILES string of the molecule is O=C(O)C(O)c1cccc(OC2CCOC2)c1. The summed E-state index contributed by atoms with van der Waals surface area (Å²) in [5.41, 5.74) is 0.314. The van der Waals surface area contributed by atoms with E-state index in [0.717, 1.165) is 6.42 Å². The van der Waals surface area contributed by atoms with E-state index in [2.05, 4.69) is 0 Å². The van der Waals surface area contributed by atoms with Crippen LogP contribution in [0.1, 0.15) is 18.1 Å². The third-order valence-electron chi connectivity index (χ3n) is 2.60. The number of hydrogen-bond acceptors (Lipinski definition) is 4. The molecule has 1 saturated heterocycles. The number of carbonyl (C=O) groups is 1. The van der Waals surface area contributed by atoms with Crippen molar-refractivity contribution in [3.05, 3.63) is 29.8 Å². The van der Waals surface area contributed by atoms with Crippen LogP contribution in [0.25, 0.3) is 0 Å². The Morgan fingerprint density at radius 1 is 1.53 bits per heavy atom. The fourth-order valence-electron chi connectivity index (χ4n) is 1.70. The van der Waals surface area contributed by atoms with Crippen LogP contribution in [0.5, 0.6) is 5.75 Å². The number of benzene rings is 1. The van der Waals surface area contributed by atoms with E-state index in [4.69, 9.17) is 14.6 Å². The second-order valence-corrected chi connectivity index (χ2v) is 3.92. The highest BCUT2D eigenvalue weighted by Crippen LogP contribution is 2.22. The van der Waals surface area contributed by atoms with Gasteiger partial charge >= 0.3 is 5.97 Å². The molecule has 0 amide bonds. The van der Waals surface area contributed by atoms with Gasteiger partial charge in [-0.25, -0.2) is 4.79 Å². The largest absolute Gasteiger partial charge is 0.488 e. The van der Waals surface area contributed by atoms with Crippen molar-refractivity contribution in [1.82, 2.24) is 0 Å². The lowest BCUT2D eigenvalue weighted by Gasteiger charge is -2.13. The molecule has 1 aromatic carbocycles. The van der Waals surface area contributed by atoms with Crippen molar-refractivity contribution in [3.63, 3.8) is 0 Å². The minimum Gasteiger partial charge on any atom is -0.488 e. The smallest absolute Gasteiger partial charge is 0.337 e. The summed E-state index contributed by atoms with van der Waals surface area (Å²) in [7, 11) is 0. The van der Waals surface area contributed by atoms with Crippen LogP contribution in [0.15, 0.2) is 24.3 Å². The number of ether oxygens (including phenoxy) is 2. The van der Waals surface area contributed by atoms with Crippen molar-refractivity contribution in [2.45, 2.75) is 18.6 Å². The van der Waals surface area contributed by atoms with Crippen LogP contribution in [0, 0.1) is 0 Å². The first-order valence-corrected chi connectivity index (χ1v) is 5.42. The van der Waals surface area contributed by atoms with Gasteiger partial charge in [0.15, 0.2) is 6.10 Å². The molecule has 5 nitrogen and oxygen atoms in total. The number of hydrogen-bond donors (Lipinski definition) is 2. The molecule has 1 heterocycles. The number of carboxylic acid groups (broad SMARTS) is 1. The summed E-state index contributed by atoms with van der Waals surface area (Å²) >= 11 is 0. The Kier molecular flexibility index (Phi) is 3.61. The maximum atomic E-state index is 10.6. The van der Waals surface area contributed by atoms with E-state index in [0.29, 0.717) is 24.5 Å². The Balaban J connectivity index is 2.07. The van der Waals surface area contributed by atoms with Crippen LogP contribution in [0.3, 0.4) is 0 Å². The maximum Gasteiger partial charge on any atom is 0.337 e. The fourth-order valence-corrected chi connectivity index (χ4v) is 1.70. The fraction of sp³-hybridized carbons (Fsp3) is 0.417. The molecule has 2 unspecified atom stereocenters. The van der Waals surface area contributed by atoms with Crippen molar-refractivity contribution in [1.29, 1.82) is 0 Å². The molecular weight excluding hydrogens is 224 g/mol. The Hall–Kier alpha value is -1.59. The predicted octanol–water partition coefficient (Wildman–Crippen LogP) is 0.972. The van der Waals surface area contributed by atoms with Crippen LogP contribution in [-0.4, -0.2) is 35.5 Å². The van der Waals surface area contributed by atoms with Gasteiger partial charge in [0.05, 0.1) is 13.2 Å². The molecule has 0 bridgehead atoms. The van der Waals surface area contributed by atoms with E-state index >= 15 is 0 Å². The minimum absolute atomic E-state index is 0.00669. The zero-order chi connectivity index (χ0) is 12.3. The second kappa shape index (κ2) is 5.16. The van der Waals surface area contributed by atoms with Crippen molar-refractivity contribution in [2.75, 3.05) is 13.2 Å². The molecule has 2 rings (SSSR count). The van der Waals surface area contributed by atoms with Crippen molar-refractivity contribution >= 4 is 5.97 Å². The molecule has 17 heavy (non-hydrogen) atoms. The molecule has 1 aliphatic rings. The van der Waals surface area contributed by atoms with Gasteiger partial charge in [0.2, 0.25) is 0 Å². The summed E-state index contributed by atoms with van der Waals surface area (Å²) in [4.78, 5) is 10.6. The molecule has 0 aliphatic carbocycles. The Labute approximate surface area is 98.6 Å². The third-order valence-corrected chi connectivity index (χ3v) is 2.60. The Morgan fingerprint density at radius 2 is 2.35 bits per heavy atom. The molecule has 2 atom stereocenters. The normalized spacial score (nSPS) is 21.1. The number of aliphatic carboxylic acids is 1. The highest BCUT2D eigenvalue weighted by molar-refractivity contribution is 5.74. The van der Waals surface area contributed by atoms with Gasteiger partial charge in [0.25, 0.3) is 0 Å². The molecule has 1 aliphatic heterocycles. The summed E-state index contributed by atoms with van der Waals surface area (Å²) in [6, 6.07) is 6.48. The van der Waals surface area contributed by atoms with Crippen LogP contribution in [0.4, 0.5) is 0 Å². The van der Waals surface area contributed by atoms with Crippen LogP contribution in [-0.2, 0) is 9.53 Å². The molecule has 1 aromatic rings. The second-order valence-electron chi connectivity index (χ2n) is 3.92. The van der Waals surface area contributed by atoms with Crippen molar-refractivity contribution < 1.29 is 24.5 Å². The van der Waals surface area contributed by atoms with E-state index in [1.165, 1.54) is 6.07 Å². The molecule has 0 saturated carbocycles. The lowest BCUT2D eigenvalue weighted by Crippen LogP contribution is -2.16. The number of aliphatic hydroxyl groups excluding tert-OH is 1. The van der Waals surface area contributed by atoms with Gasteiger partial charge in [0, 0.05) is 6.42 Å². The first kappa shape index (κ1) is 11.9. The number of rotatable bonds is 4. The summed E-state index contributed by atoms with van der Waals surface area (Å²) in [5.74, 6) is -0.718. The van der Waals surface area contributed by atoms with E-state index in [1.807, 2.05) is 0 Å². The van der Waals surface area contributed by atoms with E-state index in [-0.39, 0.29) is 6.10 Å². The zero-order valence-corrected chi connectivity index (χ0v) is 9.20. The molecule has 5 heteroatoms. The van der Waals surface area contributed by atoms with Crippen molar-refractivity contribution in [3.8, 4) is 5.75 Å². The summed E-state index contributed by atoms with van der Waals surface area (Å²) in [5, 5.41) is 18.1. The van der Waals surface area contributed by atoms with E-state index in [1.54, 1.807) is 18.2 Å². The van der Waals surface area contributed by atoms with Gasteiger partial charge < -0.3 is 19.7 Å². The number of carboxylic acids is 1. The Morgan fingerprint density at radius 3 is 3.00 bits per heavy atom. The Bertz CT molecular complexity index is 398. The topological polar surface area (TPSA) is 76.0 Å². The maximum absolute atomic E-state index is 10.6. The lowest BCUT2D eigenvalue weighted by atomic mass is 10.1. The van der Waals surface area contributed by atoms with E-state index in [9.17, 15) is 9.90 Å². The average Bonchev–Trinajstić information content (AvgIpc) is 2.81. The van der Waals surface area contributed by atoms with Gasteiger partial charge in [-0.2, -0.15) is 0 Å². The van der Waals surface area contributed by atoms with Crippen LogP contribution < -0.4 is 4.74 Å². The highest BCUT2D eigenvalue weighted by Gasteiger charge is 2.19. The minimum atomic E-state index is -1.52. The lowest BCUT2D eigenvalue weighted by molar-refractivity contribution is -0.146. The average molecular weight is 238 g/mol. The first-order valence-electron chi connectivity index (χ1n) is 5.42. The van der Waals surface area contributed by atoms with Gasteiger partial charge in [-0.1, -0.05) is 12.1 Å². The van der Waals surface area contributed by atoms with E-state index < -0.39 is 12.1 Å². The molecular formula is C12H14O5.